The molecule has 0 aliphatic carbocycles. The molecule has 0 fully saturated rings. The predicted molar refractivity (Wildman–Crippen MR) is 56.5 cm³/mol. The number of hydrogen-bond donors (Lipinski definition) is 0. The van der Waals surface area contributed by atoms with Crippen molar-refractivity contribution >= 4 is 0 Å². The van der Waals surface area contributed by atoms with Crippen molar-refractivity contribution < 1.29 is 9.47 Å². The zero-order valence-corrected chi connectivity index (χ0v) is 8.66. The van der Waals surface area contributed by atoms with Gasteiger partial charge in [-0.05, 0) is 37.5 Å². The van der Waals surface area contributed by atoms with Gasteiger partial charge < -0.3 is 9.47 Å². The van der Waals surface area contributed by atoms with Gasteiger partial charge in [-0.25, -0.2) is 0 Å². The molecule has 0 aliphatic heterocycles. The normalized spacial score (nSPS) is 10.1. The van der Waals surface area contributed by atoms with Gasteiger partial charge in [0.25, 0.3) is 0 Å². The molecule has 0 bridgehead atoms. The Kier molecular flexibility index (Phi) is 5.84. The van der Waals surface area contributed by atoms with E-state index in [0.717, 1.165) is 38.2 Å². The molecule has 1 aromatic carbocycles. The molecule has 0 saturated heterocycles. The topological polar surface area (TPSA) is 18.5 Å². The molecular weight excluding hydrogens is 176 g/mol. The van der Waals surface area contributed by atoms with Crippen LogP contribution in [0.4, 0.5) is 0 Å². The minimum Gasteiger partial charge on any atom is -0.494 e. The fourth-order valence-corrected chi connectivity index (χ4v) is 1.18. The van der Waals surface area contributed by atoms with Gasteiger partial charge in [-0.15, -0.1) is 0 Å². The van der Waals surface area contributed by atoms with Crippen LogP contribution in [0.3, 0.4) is 0 Å². The van der Waals surface area contributed by atoms with Crippen LogP contribution in [-0.2, 0) is 4.74 Å². The second kappa shape index (κ2) is 7.39. The Balaban J connectivity index is 1.99. The summed E-state index contributed by atoms with van der Waals surface area (Å²) in [6.45, 7) is 1.63. The van der Waals surface area contributed by atoms with Gasteiger partial charge in [0.2, 0.25) is 0 Å². The first-order chi connectivity index (χ1) is 6.93. The van der Waals surface area contributed by atoms with Crippen LogP contribution < -0.4 is 4.74 Å². The van der Waals surface area contributed by atoms with Crippen LogP contribution in [0.15, 0.2) is 24.3 Å². The molecule has 0 amide bonds. The van der Waals surface area contributed by atoms with Crippen LogP contribution in [0.2, 0.25) is 0 Å². The molecule has 0 saturated carbocycles. The van der Waals surface area contributed by atoms with Crippen molar-refractivity contribution in [3.8, 4) is 5.75 Å². The van der Waals surface area contributed by atoms with E-state index in [1.165, 1.54) is 0 Å². The van der Waals surface area contributed by atoms with Gasteiger partial charge in [-0.1, -0.05) is 12.1 Å². The Morgan fingerprint density at radius 1 is 1.21 bits per heavy atom. The lowest BCUT2D eigenvalue weighted by molar-refractivity contribution is 0.189. The Bertz CT molecular complexity index is 221. The van der Waals surface area contributed by atoms with Gasteiger partial charge in [-0.2, -0.15) is 0 Å². The summed E-state index contributed by atoms with van der Waals surface area (Å²) < 4.78 is 10.5. The summed E-state index contributed by atoms with van der Waals surface area (Å²) in [5.41, 5.74) is 0. The zero-order valence-electron chi connectivity index (χ0n) is 8.66. The zero-order chi connectivity index (χ0) is 10.1. The maximum Gasteiger partial charge on any atom is 0.119 e. The number of hydrogen-bond acceptors (Lipinski definition) is 2. The number of ether oxygens (including phenoxy) is 2. The first kappa shape index (κ1) is 11.1. The lowest BCUT2D eigenvalue weighted by Gasteiger charge is -2.04. The molecule has 0 aromatic heterocycles. The summed E-state index contributed by atoms with van der Waals surface area (Å²) >= 11 is 0. The maximum absolute atomic E-state index is 5.51. The summed E-state index contributed by atoms with van der Waals surface area (Å²) in [6, 6.07) is 10.6. The van der Waals surface area contributed by atoms with E-state index >= 15 is 0 Å². The van der Waals surface area contributed by atoms with Gasteiger partial charge in [0, 0.05) is 13.7 Å². The van der Waals surface area contributed by atoms with Crippen molar-refractivity contribution in [1.29, 1.82) is 0 Å². The summed E-state index contributed by atoms with van der Waals surface area (Å²) in [7, 11) is 1.73. The second-order valence-electron chi connectivity index (χ2n) is 3.14. The number of rotatable bonds is 7. The standard InChI is InChI=1S/C12H17O2/c1-13-10-6-3-7-11-14-12-8-4-2-5-9-12/h2,4,8-9H,3,6-7,10-11H2,1H3. The van der Waals surface area contributed by atoms with Crippen molar-refractivity contribution in [2.45, 2.75) is 19.3 Å². The first-order valence-corrected chi connectivity index (χ1v) is 5.01. The largest absolute Gasteiger partial charge is 0.494 e. The number of methoxy groups -OCH3 is 1. The molecule has 0 aliphatic rings. The van der Waals surface area contributed by atoms with Gasteiger partial charge in [0.15, 0.2) is 0 Å². The van der Waals surface area contributed by atoms with Crippen molar-refractivity contribution in [3.05, 3.63) is 30.3 Å². The summed E-state index contributed by atoms with van der Waals surface area (Å²) in [6.07, 6.45) is 3.35. The molecule has 0 spiro atoms. The summed E-state index contributed by atoms with van der Waals surface area (Å²) in [5, 5.41) is 0. The molecule has 0 unspecified atom stereocenters. The molecule has 0 N–H and O–H groups in total. The van der Waals surface area contributed by atoms with Crippen molar-refractivity contribution in [3.63, 3.8) is 0 Å². The Hall–Kier alpha value is -1.02. The van der Waals surface area contributed by atoms with E-state index in [-0.39, 0.29) is 0 Å². The summed E-state index contributed by atoms with van der Waals surface area (Å²) in [4.78, 5) is 0. The Labute approximate surface area is 85.8 Å². The van der Waals surface area contributed by atoms with E-state index in [1.807, 2.05) is 24.3 Å². The van der Waals surface area contributed by atoms with Crippen LogP contribution in [0, 0.1) is 6.07 Å². The number of unbranched alkanes of at least 4 members (excludes halogenated alkanes) is 2. The molecule has 1 aromatic rings. The van der Waals surface area contributed by atoms with Crippen molar-refractivity contribution in [1.82, 2.24) is 0 Å². The van der Waals surface area contributed by atoms with Gasteiger partial charge in [-0.3, -0.25) is 0 Å². The first-order valence-electron chi connectivity index (χ1n) is 5.01. The summed E-state index contributed by atoms with van der Waals surface area (Å²) in [5.74, 6) is 0.902. The average Bonchev–Trinajstić information content (AvgIpc) is 2.25. The third-order valence-electron chi connectivity index (χ3n) is 1.94. The van der Waals surface area contributed by atoms with Crippen molar-refractivity contribution in [2.24, 2.45) is 0 Å². The average molecular weight is 193 g/mol. The minimum atomic E-state index is 0.779. The van der Waals surface area contributed by atoms with E-state index < -0.39 is 0 Å². The predicted octanol–water partition coefficient (Wildman–Crippen LogP) is 2.68. The maximum atomic E-state index is 5.51. The van der Waals surface area contributed by atoms with Crippen LogP contribution in [-0.4, -0.2) is 20.3 Å². The van der Waals surface area contributed by atoms with Crippen LogP contribution in [0.1, 0.15) is 19.3 Å². The highest BCUT2D eigenvalue weighted by Gasteiger charge is 1.92. The minimum absolute atomic E-state index is 0.779. The van der Waals surface area contributed by atoms with E-state index in [1.54, 1.807) is 7.11 Å². The van der Waals surface area contributed by atoms with Gasteiger partial charge in [0.05, 0.1) is 6.61 Å². The van der Waals surface area contributed by atoms with E-state index in [0.29, 0.717) is 0 Å². The quantitative estimate of drug-likeness (QED) is 0.620. The van der Waals surface area contributed by atoms with Crippen LogP contribution >= 0.6 is 0 Å². The lowest BCUT2D eigenvalue weighted by atomic mass is 10.2. The van der Waals surface area contributed by atoms with E-state index in [2.05, 4.69) is 6.07 Å². The smallest absolute Gasteiger partial charge is 0.119 e. The van der Waals surface area contributed by atoms with E-state index in [4.69, 9.17) is 9.47 Å². The third kappa shape index (κ3) is 4.87. The van der Waals surface area contributed by atoms with Crippen molar-refractivity contribution in [2.75, 3.05) is 20.3 Å². The highest BCUT2D eigenvalue weighted by molar-refractivity contribution is 5.19. The second-order valence-corrected chi connectivity index (χ2v) is 3.14. The highest BCUT2D eigenvalue weighted by Crippen LogP contribution is 2.08. The van der Waals surface area contributed by atoms with Crippen LogP contribution in [0.25, 0.3) is 0 Å². The van der Waals surface area contributed by atoms with E-state index in [9.17, 15) is 0 Å². The Morgan fingerprint density at radius 3 is 2.79 bits per heavy atom. The number of benzene rings is 1. The lowest BCUT2D eigenvalue weighted by Crippen LogP contribution is -1.98. The van der Waals surface area contributed by atoms with Gasteiger partial charge >= 0.3 is 0 Å². The fraction of sp³-hybridized carbons (Fsp3) is 0.500. The molecule has 77 valence electrons. The third-order valence-corrected chi connectivity index (χ3v) is 1.94. The molecule has 1 radical (unpaired) electrons. The highest BCUT2D eigenvalue weighted by atomic mass is 16.5. The SMILES string of the molecule is COCCCCCOc1c[c]ccc1. The molecule has 1 rings (SSSR count). The van der Waals surface area contributed by atoms with Gasteiger partial charge in [0.1, 0.15) is 5.75 Å². The molecule has 0 atom stereocenters. The molecule has 2 heteroatoms. The molecule has 0 heterocycles. The Morgan fingerprint density at radius 2 is 2.07 bits per heavy atom. The molecule has 14 heavy (non-hydrogen) atoms. The molecular formula is C12H17O2. The monoisotopic (exact) mass is 193 g/mol. The van der Waals surface area contributed by atoms with Crippen LogP contribution in [0.5, 0.6) is 5.75 Å². The fourth-order valence-electron chi connectivity index (χ4n) is 1.18. The molecule has 2 nitrogen and oxygen atoms in total.